The molecule has 13 heavy (non-hydrogen) atoms. The molecule has 1 N–H and O–H groups in total. The molecule has 0 aliphatic rings. The highest BCUT2D eigenvalue weighted by Crippen LogP contribution is 2.00. The van der Waals surface area contributed by atoms with Crippen molar-refractivity contribution in [2.24, 2.45) is 7.05 Å². The van der Waals surface area contributed by atoms with E-state index in [1.807, 2.05) is 0 Å². The molecule has 1 atom stereocenters. The van der Waals surface area contributed by atoms with Gasteiger partial charge in [-0.3, -0.25) is 4.68 Å². The van der Waals surface area contributed by atoms with Gasteiger partial charge in [0, 0.05) is 13.2 Å². The highest BCUT2D eigenvalue weighted by Gasteiger charge is 2.11. The summed E-state index contributed by atoms with van der Waals surface area (Å²) < 4.78 is 6.67. The Kier molecular flexibility index (Phi) is 3.02. The molecule has 0 spiro atoms. The fourth-order valence-electron chi connectivity index (χ4n) is 0.822. The van der Waals surface area contributed by atoms with Crippen molar-refractivity contribution in [3.8, 4) is 0 Å². The third-order valence-electron chi connectivity index (χ3n) is 1.60. The average Bonchev–Trinajstić information content (AvgIpc) is 2.47. The molecule has 0 aliphatic heterocycles. The van der Waals surface area contributed by atoms with Crippen molar-refractivity contribution >= 4 is 5.97 Å². The van der Waals surface area contributed by atoms with E-state index < -0.39 is 12.1 Å². The lowest BCUT2D eigenvalue weighted by Gasteiger charge is -2.05. The fraction of sp³-hybridized carbons (Fsp3) is 0.500. The number of hydrogen-bond acceptors (Lipinski definition) is 3. The lowest BCUT2D eigenvalue weighted by atomic mass is 10.4. The second-order valence-corrected chi connectivity index (χ2v) is 2.77. The summed E-state index contributed by atoms with van der Waals surface area (Å²) in [5.41, 5.74) is 0.732. The normalized spacial score (nSPS) is 12.8. The molecule has 5 nitrogen and oxygen atoms in total. The molecule has 0 bridgehead atoms. The molecular formula is C8H12N2O3. The van der Waals surface area contributed by atoms with E-state index in [1.54, 1.807) is 24.0 Å². The second kappa shape index (κ2) is 4.04. The SMILES string of the molecule is C[C@@H](OCc1ccn(C)n1)C(=O)O. The Morgan fingerprint density at radius 2 is 2.54 bits per heavy atom. The van der Waals surface area contributed by atoms with Crippen LogP contribution in [0, 0.1) is 0 Å². The Labute approximate surface area is 75.9 Å². The number of aromatic nitrogens is 2. The second-order valence-electron chi connectivity index (χ2n) is 2.77. The third kappa shape index (κ3) is 2.87. The molecule has 0 saturated carbocycles. The van der Waals surface area contributed by atoms with Crippen molar-refractivity contribution in [2.45, 2.75) is 19.6 Å². The van der Waals surface area contributed by atoms with Gasteiger partial charge in [-0.25, -0.2) is 4.79 Å². The van der Waals surface area contributed by atoms with Gasteiger partial charge in [-0.2, -0.15) is 5.10 Å². The van der Waals surface area contributed by atoms with Gasteiger partial charge in [0.25, 0.3) is 0 Å². The van der Waals surface area contributed by atoms with Crippen molar-refractivity contribution in [3.05, 3.63) is 18.0 Å². The van der Waals surface area contributed by atoms with Gasteiger partial charge in [-0.1, -0.05) is 0 Å². The first kappa shape index (κ1) is 9.73. The first-order valence-electron chi connectivity index (χ1n) is 3.92. The molecule has 1 heterocycles. The number of carboxylic acids is 1. The number of carboxylic acid groups (broad SMARTS) is 1. The van der Waals surface area contributed by atoms with Crippen LogP contribution in [0.15, 0.2) is 12.3 Å². The minimum atomic E-state index is -0.962. The zero-order chi connectivity index (χ0) is 9.84. The maximum absolute atomic E-state index is 10.4. The van der Waals surface area contributed by atoms with Gasteiger partial charge in [-0.15, -0.1) is 0 Å². The predicted octanol–water partition coefficient (Wildman–Crippen LogP) is 0.410. The molecule has 0 aromatic carbocycles. The van der Waals surface area contributed by atoms with E-state index in [1.165, 1.54) is 6.92 Å². The standard InChI is InChI=1S/C8H12N2O3/c1-6(8(11)12)13-5-7-3-4-10(2)9-7/h3-4,6H,5H2,1-2H3,(H,11,12)/t6-/m1/s1. The van der Waals surface area contributed by atoms with Gasteiger partial charge >= 0.3 is 5.97 Å². The molecule has 0 unspecified atom stereocenters. The summed E-state index contributed by atoms with van der Waals surface area (Å²) in [5.74, 6) is -0.962. The first-order chi connectivity index (χ1) is 6.09. The van der Waals surface area contributed by atoms with E-state index in [2.05, 4.69) is 5.10 Å². The minimum absolute atomic E-state index is 0.230. The van der Waals surface area contributed by atoms with Gasteiger partial charge in [0.15, 0.2) is 6.10 Å². The largest absolute Gasteiger partial charge is 0.479 e. The van der Waals surface area contributed by atoms with Crippen molar-refractivity contribution < 1.29 is 14.6 Å². The molecule has 72 valence electrons. The van der Waals surface area contributed by atoms with Crippen molar-refractivity contribution in [3.63, 3.8) is 0 Å². The molecule has 1 aromatic heterocycles. The molecule has 1 aromatic rings. The monoisotopic (exact) mass is 184 g/mol. The number of hydrogen-bond donors (Lipinski definition) is 1. The molecule has 0 fully saturated rings. The Balaban J connectivity index is 2.39. The van der Waals surface area contributed by atoms with Gasteiger partial charge < -0.3 is 9.84 Å². The van der Waals surface area contributed by atoms with Crippen LogP contribution in [0.25, 0.3) is 0 Å². The number of aliphatic carboxylic acids is 1. The summed E-state index contributed by atoms with van der Waals surface area (Å²) >= 11 is 0. The summed E-state index contributed by atoms with van der Waals surface area (Å²) in [4.78, 5) is 10.4. The Morgan fingerprint density at radius 3 is 3.00 bits per heavy atom. The van der Waals surface area contributed by atoms with E-state index >= 15 is 0 Å². The summed E-state index contributed by atoms with van der Waals surface area (Å²) in [6.45, 7) is 1.72. The van der Waals surface area contributed by atoms with E-state index in [0.717, 1.165) is 5.69 Å². The molecule has 5 heteroatoms. The maximum atomic E-state index is 10.4. The molecule has 1 rings (SSSR count). The van der Waals surface area contributed by atoms with E-state index in [-0.39, 0.29) is 6.61 Å². The Morgan fingerprint density at radius 1 is 1.85 bits per heavy atom. The molecule has 0 aliphatic carbocycles. The molecule has 0 saturated heterocycles. The molecule has 0 amide bonds. The topological polar surface area (TPSA) is 64.4 Å². The van der Waals surface area contributed by atoms with Crippen LogP contribution in [0.1, 0.15) is 12.6 Å². The molecular weight excluding hydrogens is 172 g/mol. The smallest absolute Gasteiger partial charge is 0.332 e. The predicted molar refractivity (Wildman–Crippen MR) is 45.1 cm³/mol. The van der Waals surface area contributed by atoms with Crippen LogP contribution in [-0.4, -0.2) is 27.0 Å². The van der Waals surface area contributed by atoms with E-state index in [9.17, 15) is 4.79 Å². The van der Waals surface area contributed by atoms with Crippen LogP contribution in [-0.2, 0) is 23.2 Å². The van der Waals surface area contributed by atoms with Crippen LogP contribution in [0.5, 0.6) is 0 Å². The summed E-state index contributed by atoms with van der Waals surface area (Å²) in [7, 11) is 1.80. The van der Waals surface area contributed by atoms with Gasteiger partial charge in [-0.05, 0) is 13.0 Å². The van der Waals surface area contributed by atoms with Crippen LogP contribution in [0.2, 0.25) is 0 Å². The van der Waals surface area contributed by atoms with Gasteiger partial charge in [0.05, 0.1) is 12.3 Å². The van der Waals surface area contributed by atoms with Crippen molar-refractivity contribution in [1.82, 2.24) is 9.78 Å². The molecule has 0 radical (unpaired) electrons. The summed E-state index contributed by atoms with van der Waals surface area (Å²) in [6.07, 6.45) is 0.992. The number of carbonyl (C=O) groups is 1. The highest BCUT2D eigenvalue weighted by atomic mass is 16.5. The van der Waals surface area contributed by atoms with Gasteiger partial charge in [0.1, 0.15) is 0 Å². The Hall–Kier alpha value is -1.36. The zero-order valence-electron chi connectivity index (χ0n) is 7.60. The maximum Gasteiger partial charge on any atom is 0.332 e. The van der Waals surface area contributed by atoms with Crippen LogP contribution >= 0.6 is 0 Å². The van der Waals surface area contributed by atoms with Crippen molar-refractivity contribution in [2.75, 3.05) is 0 Å². The third-order valence-corrected chi connectivity index (χ3v) is 1.60. The number of nitrogens with zero attached hydrogens (tertiary/aromatic N) is 2. The van der Waals surface area contributed by atoms with Crippen LogP contribution in [0.4, 0.5) is 0 Å². The summed E-state index contributed by atoms with van der Waals surface area (Å²) in [5, 5.41) is 12.6. The average molecular weight is 184 g/mol. The zero-order valence-corrected chi connectivity index (χ0v) is 7.60. The van der Waals surface area contributed by atoms with Crippen molar-refractivity contribution in [1.29, 1.82) is 0 Å². The van der Waals surface area contributed by atoms with Crippen LogP contribution in [0.3, 0.4) is 0 Å². The number of aryl methyl sites for hydroxylation is 1. The van der Waals surface area contributed by atoms with Gasteiger partial charge in [0.2, 0.25) is 0 Å². The Bertz CT molecular complexity index is 295. The van der Waals surface area contributed by atoms with E-state index in [0.29, 0.717) is 0 Å². The highest BCUT2D eigenvalue weighted by molar-refractivity contribution is 5.71. The van der Waals surface area contributed by atoms with E-state index in [4.69, 9.17) is 9.84 Å². The summed E-state index contributed by atoms with van der Waals surface area (Å²) in [6, 6.07) is 1.79. The lowest BCUT2D eigenvalue weighted by Crippen LogP contribution is -2.19. The fourth-order valence-corrected chi connectivity index (χ4v) is 0.822. The van der Waals surface area contributed by atoms with Crippen LogP contribution < -0.4 is 0 Å². The minimum Gasteiger partial charge on any atom is -0.479 e. The first-order valence-corrected chi connectivity index (χ1v) is 3.92. The lowest BCUT2D eigenvalue weighted by molar-refractivity contribution is -0.149. The number of rotatable bonds is 4. The number of ether oxygens (including phenoxy) is 1. The quantitative estimate of drug-likeness (QED) is 0.736.